The topological polar surface area (TPSA) is 56.7 Å². The van der Waals surface area contributed by atoms with Gasteiger partial charge < -0.3 is 10.3 Å². The normalized spacial score (nSPS) is 10.9. The number of pyridine rings is 1. The fourth-order valence-electron chi connectivity index (χ4n) is 2.03. The maximum atomic E-state index is 5.55. The van der Waals surface area contributed by atoms with Gasteiger partial charge in [-0.05, 0) is 23.8 Å². The molecule has 3 rings (SSSR count). The third-order valence-electron chi connectivity index (χ3n) is 2.93. The predicted octanol–water partition coefficient (Wildman–Crippen LogP) is 1.94. The van der Waals surface area contributed by atoms with Crippen molar-refractivity contribution in [1.29, 1.82) is 0 Å². The Hall–Kier alpha value is -2.20. The van der Waals surface area contributed by atoms with Gasteiger partial charge in [0.05, 0.1) is 17.5 Å². The Morgan fingerprint density at radius 2 is 2.11 bits per heavy atom. The van der Waals surface area contributed by atoms with Crippen molar-refractivity contribution in [3.63, 3.8) is 0 Å². The van der Waals surface area contributed by atoms with Gasteiger partial charge in [0.25, 0.3) is 0 Å². The SMILES string of the molecule is NCc1cn(Cc2ccc3ncccc3c2)cn1. The Balaban J connectivity index is 1.90. The molecule has 0 atom stereocenters. The minimum atomic E-state index is 0.481. The van der Waals surface area contributed by atoms with Crippen LogP contribution in [0.1, 0.15) is 11.3 Å². The van der Waals surface area contributed by atoms with E-state index in [9.17, 15) is 0 Å². The molecule has 4 nitrogen and oxygen atoms in total. The van der Waals surface area contributed by atoms with Crippen molar-refractivity contribution < 1.29 is 0 Å². The summed E-state index contributed by atoms with van der Waals surface area (Å²) < 4.78 is 2.04. The van der Waals surface area contributed by atoms with Gasteiger partial charge >= 0.3 is 0 Å². The molecule has 0 saturated heterocycles. The molecule has 2 N–H and O–H groups in total. The average molecular weight is 238 g/mol. The maximum absolute atomic E-state index is 5.55. The summed E-state index contributed by atoms with van der Waals surface area (Å²) in [5.74, 6) is 0. The molecule has 18 heavy (non-hydrogen) atoms. The minimum Gasteiger partial charge on any atom is -0.333 e. The van der Waals surface area contributed by atoms with Crippen LogP contribution in [0.15, 0.2) is 49.1 Å². The first kappa shape index (κ1) is 10.9. The largest absolute Gasteiger partial charge is 0.333 e. The summed E-state index contributed by atoms with van der Waals surface area (Å²) in [6, 6.07) is 10.3. The summed E-state index contributed by atoms with van der Waals surface area (Å²) >= 11 is 0. The van der Waals surface area contributed by atoms with Crippen LogP contribution in [0.3, 0.4) is 0 Å². The number of hydrogen-bond donors (Lipinski definition) is 1. The maximum Gasteiger partial charge on any atom is 0.0953 e. The van der Waals surface area contributed by atoms with Crippen LogP contribution in [-0.4, -0.2) is 14.5 Å². The van der Waals surface area contributed by atoms with E-state index in [4.69, 9.17) is 5.73 Å². The predicted molar refractivity (Wildman–Crippen MR) is 71.0 cm³/mol. The molecule has 2 aromatic heterocycles. The van der Waals surface area contributed by atoms with E-state index in [1.54, 1.807) is 0 Å². The van der Waals surface area contributed by atoms with Gasteiger partial charge in [0.1, 0.15) is 0 Å². The highest BCUT2D eigenvalue weighted by Crippen LogP contribution is 2.14. The molecule has 0 aliphatic rings. The molecule has 0 aliphatic carbocycles. The molecular formula is C14H14N4. The van der Waals surface area contributed by atoms with E-state index in [1.165, 1.54) is 5.56 Å². The summed E-state index contributed by atoms with van der Waals surface area (Å²) in [6.07, 6.45) is 5.61. The zero-order chi connectivity index (χ0) is 12.4. The van der Waals surface area contributed by atoms with Crippen LogP contribution in [0.2, 0.25) is 0 Å². The first-order valence-electron chi connectivity index (χ1n) is 5.89. The Morgan fingerprint density at radius 3 is 2.94 bits per heavy atom. The zero-order valence-corrected chi connectivity index (χ0v) is 9.95. The van der Waals surface area contributed by atoms with Gasteiger partial charge in [-0.15, -0.1) is 0 Å². The summed E-state index contributed by atoms with van der Waals surface area (Å²) in [5.41, 5.74) is 8.72. The first-order chi connectivity index (χ1) is 8.85. The molecule has 0 bridgehead atoms. The lowest BCUT2D eigenvalue weighted by Crippen LogP contribution is -1.98. The standard InChI is InChI=1S/C14H14N4/c15-7-13-9-18(10-17-13)8-11-3-4-14-12(6-11)2-1-5-16-14/h1-6,9-10H,7-8,15H2. The molecule has 0 saturated carbocycles. The van der Waals surface area contributed by atoms with Crippen molar-refractivity contribution in [2.75, 3.05) is 0 Å². The number of hydrogen-bond acceptors (Lipinski definition) is 3. The Morgan fingerprint density at radius 1 is 1.17 bits per heavy atom. The van der Waals surface area contributed by atoms with Crippen LogP contribution >= 0.6 is 0 Å². The van der Waals surface area contributed by atoms with Gasteiger partial charge in [-0.1, -0.05) is 12.1 Å². The van der Waals surface area contributed by atoms with E-state index < -0.39 is 0 Å². The van der Waals surface area contributed by atoms with E-state index in [2.05, 4.69) is 28.2 Å². The van der Waals surface area contributed by atoms with Gasteiger partial charge in [-0.3, -0.25) is 4.98 Å². The Kier molecular flexibility index (Phi) is 2.78. The number of aromatic nitrogens is 3. The number of nitrogens with two attached hydrogens (primary N) is 1. The lowest BCUT2D eigenvalue weighted by molar-refractivity contribution is 0.797. The van der Waals surface area contributed by atoms with Crippen LogP contribution < -0.4 is 5.73 Å². The second-order valence-corrected chi connectivity index (χ2v) is 4.27. The van der Waals surface area contributed by atoms with Crippen LogP contribution in [0.4, 0.5) is 0 Å². The van der Waals surface area contributed by atoms with Crippen molar-refractivity contribution in [3.8, 4) is 0 Å². The van der Waals surface area contributed by atoms with Gasteiger partial charge in [0.15, 0.2) is 0 Å². The molecule has 1 aromatic carbocycles. The summed E-state index contributed by atoms with van der Waals surface area (Å²) in [6.45, 7) is 1.28. The van der Waals surface area contributed by atoms with E-state index >= 15 is 0 Å². The van der Waals surface area contributed by atoms with Crippen molar-refractivity contribution >= 4 is 10.9 Å². The van der Waals surface area contributed by atoms with Gasteiger partial charge in [-0.2, -0.15) is 0 Å². The molecule has 0 amide bonds. The highest BCUT2D eigenvalue weighted by molar-refractivity contribution is 5.78. The third kappa shape index (κ3) is 2.10. The quantitative estimate of drug-likeness (QED) is 0.758. The Labute approximate surface area is 105 Å². The Bertz CT molecular complexity index is 672. The smallest absolute Gasteiger partial charge is 0.0953 e. The molecule has 0 radical (unpaired) electrons. The molecule has 0 aliphatic heterocycles. The number of rotatable bonds is 3. The average Bonchev–Trinajstić information content (AvgIpc) is 2.86. The lowest BCUT2D eigenvalue weighted by atomic mass is 10.1. The van der Waals surface area contributed by atoms with Crippen molar-refractivity contribution in [3.05, 3.63) is 60.3 Å². The number of fused-ring (bicyclic) bond motifs is 1. The summed E-state index contributed by atoms with van der Waals surface area (Å²) in [7, 11) is 0. The minimum absolute atomic E-state index is 0.481. The van der Waals surface area contributed by atoms with Crippen LogP contribution in [-0.2, 0) is 13.1 Å². The number of benzene rings is 1. The van der Waals surface area contributed by atoms with Crippen LogP contribution in [0.5, 0.6) is 0 Å². The second kappa shape index (κ2) is 4.58. The van der Waals surface area contributed by atoms with Crippen LogP contribution in [0, 0.1) is 0 Å². The van der Waals surface area contributed by atoms with E-state index in [0.717, 1.165) is 23.1 Å². The monoisotopic (exact) mass is 238 g/mol. The number of nitrogens with zero attached hydrogens (tertiary/aromatic N) is 3. The second-order valence-electron chi connectivity index (χ2n) is 4.27. The van der Waals surface area contributed by atoms with Gasteiger partial charge in [0, 0.05) is 30.9 Å². The first-order valence-corrected chi connectivity index (χ1v) is 5.89. The molecule has 4 heteroatoms. The zero-order valence-electron chi connectivity index (χ0n) is 9.95. The number of imidazole rings is 1. The van der Waals surface area contributed by atoms with E-state index in [0.29, 0.717) is 6.54 Å². The summed E-state index contributed by atoms with van der Waals surface area (Å²) in [4.78, 5) is 8.53. The molecule has 0 unspecified atom stereocenters. The van der Waals surface area contributed by atoms with Gasteiger partial charge in [-0.25, -0.2) is 4.98 Å². The molecule has 3 aromatic rings. The fourth-order valence-corrected chi connectivity index (χ4v) is 2.03. The van der Waals surface area contributed by atoms with E-state index in [1.807, 2.05) is 35.4 Å². The third-order valence-corrected chi connectivity index (χ3v) is 2.93. The van der Waals surface area contributed by atoms with Gasteiger partial charge in [0.2, 0.25) is 0 Å². The van der Waals surface area contributed by atoms with Crippen molar-refractivity contribution in [1.82, 2.24) is 14.5 Å². The van der Waals surface area contributed by atoms with Crippen LogP contribution in [0.25, 0.3) is 10.9 Å². The highest BCUT2D eigenvalue weighted by atomic mass is 15.0. The lowest BCUT2D eigenvalue weighted by Gasteiger charge is -2.04. The van der Waals surface area contributed by atoms with Crippen molar-refractivity contribution in [2.45, 2.75) is 13.1 Å². The van der Waals surface area contributed by atoms with E-state index in [-0.39, 0.29) is 0 Å². The van der Waals surface area contributed by atoms with Crippen molar-refractivity contribution in [2.24, 2.45) is 5.73 Å². The summed E-state index contributed by atoms with van der Waals surface area (Å²) in [5, 5.41) is 1.16. The highest BCUT2D eigenvalue weighted by Gasteiger charge is 2.00. The molecule has 0 spiro atoms. The molecule has 90 valence electrons. The fraction of sp³-hybridized carbons (Fsp3) is 0.143. The molecular weight excluding hydrogens is 224 g/mol. The molecule has 0 fully saturated rings. The molecule has 2 heterocycles.